The highest BCUT2D eigenvalue weighted by atomic mass is 35.5. The first kappa shape index (κ1) is 9.28. The lowest BCUT2D eigenvalue weighted by Gasteiger charge is -2.17. The third-order valence-corrected chi connectivity index (χ3v) is 1.20. The molecule has 0 aromatic heterocycles. The molecular formula is C6H10Cl2O. The average molecular weight is 169 g/mol. The Bertz CT molecular complexity index is 114. The van der Waals surface area contributed by atoms with Gasteiger partial charge in [-0.15, -0.1) is 0 Å². The van der Waals surface area contributed by atoms with Crippen molar-refractivity contribution < 1.29 is 4.74 Å². The second kappa shape index (κ2) is 3.45. The van der Waals surface area contributed by atoms with Gasteiger partial charge in [0.15, 0.2) is 0 Å². The lowest BCUT2D eigenvalue weighted by molar-refractivity contribution is 0.0655. The van der Waals surface area contributed by atoms with E-state index < -0.39 is 0 Å². The third kappa shape index (κ3) is 4.76. The summed E-state index contributed by atoms with van der Waals surface area (Å²) in [6.07, 6.45) is 1.64. The predicted octanol–water partition coefficient (Wildman–Crippen LogP) is 2.73. The molecule has 0 aliphatic rings. The van der Waals surface area contributed by atoms with Crippen LogP contribution in [-0.4, -0.2) is 12.7 Å². The summed E-state index contributed by atoms with van der Waals surface area (Å²) in [5.74, 6) is 0. The number of hydrogen-bond acceptors (Lipinski definition) is 1. The van der Waals surface area contributed by atoms with Crippen molar-refractivity contribution in [1.29, 1.82) is 0 Å². The van der Waals surface area contributed by atoms with Crippen LogP contribution in [0.2, 0.25) is 0 Å². The molecule has 0 aliphatic heterocycles. The fourth-order valence-electron chi connectivity index (χ4n) is 0.322. The Hall–Kier alpha value is 0.280. The van der Waals surface area contributed by atoms with Gasteiger partial charge in [0.25, 0.3) is 0 Å². The summed E-state index contributed by atoms with van der Waals surface area (Å²) in [6.45, 7) is 3.75. The summed E-state index contributed by atoms with van der Waals surface area (Å²) < 4.78 is 5.24. The molecule has 0 amide bonds. The third-order valence-electron chi connectivity index (χ3n) is 0.983. The molecule has 0 N–H and O–H groups in total. The normalized spacial score (nSPS) is 11.2. The topological polar surface area (TPSA) is 9.23 Å². The smallest absolute Gasteiger partial charge is 0.105 e. The average Bonchev–Trinajstić information content (AvgIpc) is 1.63. The van der Waals surface area contributed by atoms with Gasteiger partial charge in [-0.05, 0) is 19.9 Å². The van der Waals surface area contributed by atoms with Gasteiger partial charge in [0.2, 0.25) is 0 Å². The number of methoxy groups -OCH3 is 1. The second-order valence-electron chi connectivity index (χ2n) is 2.24. The quantitative estimate of drug-likeness (QED) is 0.617. The number of ether oxygens (including phenoxy) is 1. The van der Waals surface area contributed by atoms with Gasteiger partial charge >= 0.3 is 0 Å². The molecule has 0 radical (unpaired) electrons. The summed E-state index contributed by atoms with van der Waals surface area (Å²) in [4.78, 5) is 0. The molecular weight excluding hydrogens is 159 g/mol. The van der Waals surface area contributed by atoms with E-state index in [4.69, 9.17) is 27.9 Å². The zero-order valence-corrected chi connectivity index (χ0v) is 7.25. The van der Waals surface area contributed by atoms with Crippen molar-refractivity contribution in [3.05, 3.63) is 10.6 Å². The second-order valence-corrected chi connectivity index (χ2v) is 3.25. The molecule has 3 heteroatoms. The van der Waals surface area contributed by atoms with E-state index in [1.807, 2.05) is 13.8 Å². The lowest BCUT2D eigenvalue weighted by Crippen LogP contribution is -2.18. The van der Waals surface area contributed by atoms with Gasteiger partial charge in [0.1, 0.15) is 4.49 Å². The maximum absolute atomic E-state index is 5.39. The molecule has 1 nitrogen and oxygen atoms in total. The minimum absolute atomic E-state index is 0.238. The van der Waals surface area contributed by atoms with Crippen LogP contribution >= 0.6 is 23.2 Å². The van der Waals surface area contributed by atoms with Crippen molar-refractivity contribution in [3.63, 3.8) is 0 Å². The highest BCUT2D eigenvalue weighted by Crippen LogP contribution is 2.16. The number of rotatable bonds is 2. The van der Waals surface area contributed by atoms with E-state index in [1.165, 1.54) is 0 Å². The molecule has 0 atom stereocenters. The largest absolute Gasteiger partial charge is 0.375 e. The van der Waals surface area contributed by atoms with Gasteiger partial charge in [-0.3, -0.25) is 0 Å². The van der Waals surface area contributed by atoms with Crippen LogP contribution in [0.1, 0.15) is 13.8 Å². The maximum atomic E-state index is 5.39. The summed E-state index contributed by atoms with van der Waals surface area (Å²) in [5, 5.41) is 0. The molecule has 54 valence electrons. The maximum Gasteiger partial charge on any atom is 0.105 e. The van der Waals surface area contributed by atoms with Crippen molar-refractivity contribution in [2.24, 2.45) is 0 Å². The van der Waals surface area contributed by atoms with E-state index in [2.05, 4.69) is 0 Å². The van der Waals surface area contributed by atoms with Crippen molar-refractivity contribution in [2.75, 3.05) is 7.11 Å². The predicted molar refractivity (Wildman–Crippen MR) is 40.9 cm³/mol. The van der Waals surface area contributed by atoms with Gasteiger partial charge in [-0.25, -0.2) is 0 Å². The Morgan fingerprint density at radius 2 is 1.89 bits per heavy atom. The molecule has 0 aromatic carbocycles. The minimum Gasteiger partial charge on any atom is -0.375 e. The van der Waals surface area contributed by atoms with Gasteiger partial charge < -0.3 is 4.74 Å². The molecule has 0 fully saturated rings. The molecule has 0 bridgehead atoms. The van der Waals surface area contributed by atoms with Crippen LogP contribution < -0.4 is 0 Å². The molecule has 0 aromatic rings. The number of halogens is 2. The van der Waals surface area contributed by atoms with Crippen molar-refractivity contribution >= 4 is 23.2 Å². The first-order valence-electron chi connectivity index (χ1n) is 2.57. The number of hydrogen-bond donors (Lipinski definition) is 0. The van der Waals surface area contributed by atoms with Crippen molar-refractivity contribution in [2.45, 2.75) is 19.4 Å². The molecule has 0 spiro atoms. The Balaban J connectivity index is 4.01. The Kier molecular flexibility index (Phi) is 3.56. The Labute approximate surface area is 65.6 Å². The van der Waals surface area contributed by atoms with Gasteiger partial charge in [-0.2, -0.15) is 0 Å². The van der Waals surface area contributed by atoms with Gasteiger partial charge in [-0.1, -0.05) is 23.2 Å². The van der Waals surface area contributed by atoms with E-state index in [-0.39, 0.29) is 10.1 Å². The summed E-state index contributed by atoms with van der Waals surface area (Å²) >= 11 is 10.8. The molecule has 0 heterocycles. The summed E-state index contributed by atoms with van der Waals surface area (Å²) in [5.41, 5.74) is -0.362. The summed E-state index contributed by atoms with van der Waals surface area (Å²) in [7, 11) is 1.60. The van der Waals surface area contributed by atoms with Crippen LogP contribution in [0.3, 0.4) is 0 Å². The standard InChI is InChI=1S/C6H10Cl2O/c1-6(2,9-3)4-5(7)8/h4H,1-3H3. The first-order valence-corrected chi connectivity index (χ1v) is 3.32. The molecule has 9 heavy (non-hydrogen) atoms. The van der Waals surface area contributed by atoms with Crippen molar-refractivity contribution in [1.82, 2.24) is 0 Å². The van der Waals surface area contributed by atoms with E-state index in [0.29, 0.717) is 0 Å². The highest BCUT2D eigenvalue weighted by molar-refractivity contribution is 6.55. The van der Waals surface area contributed by atoms with E-state index in [1.54, 1.807) is 13.2 Å². The molecule has 0 saturated carbocycles. The fourth-order valence-corrected chi connectivity index (χ4v) is 0.847. The van der Waals surface area contributed by atoms with Gasteiger partial charge in [0, 0.05) is 7.11 Å². The van der Waals surface area contributed by atoms with Crippen LogP contribution in [0.25, 0.3) is 0 Å². The van der Waals surface area contributed by atoms with Crippen LogP contribution in [0.5, 0.6) is 0 Å². The van der Waals surface area contributed by atoms with Crippen LogP contribution in [0.15, 0.2) is 10.6 Å². The monoisotopic (exact) mass is 168 g/mol. The fraction of sp³-hybridized carbons (Fsp3) is 0.667. The SMILES string of the molecule is COC(C)(C)C=C(Cl)Cl. The van der Waals surface area contributed by atoms with E-state index in [9.17, 15) is 0 Å². The van der Waals surface area contributed by atoms with Crippen LogP contribution in [0.4, 0.5) is 0 Å². The Morgan fingerprint density at radius 3 is 2.00 bits per heavy atom. The van der Waals surface area contributed by atoms with E-state index in [0.717, 1.165) is 0 Å². The van der Waals surface area contributed by atoms with Gasteiger partial charge in [0.05, 0.1) is 5.60 Å². The van der Waals surface area contributed by atoms with Crippen molar-refractivity contribution in [3.8, 4) is 0 Å². The van der Waals surface area contributed by atoms with Crippen LogP contribution in [0, 0.1) is 0 Å². The van der Waals surface area contributed by atoms with E-state index >= 15 is 0 Å². The van der Waals surface area contributed by atoms with Crippen LogP contribution in [-0.2, 0) is 4.74 Å². The molecule has 0 saturated heterocycles. The lowest BCUT2D eigenvalue weighted by atomic mass is 10.1. The highest BCUT2D eigenvalue weighted by Gasteiger charge is 2.12. The summed E-state index contributed by atoms with van der Waals surface area (Å²) in [6, 6.07) is 0. The first-order chi connectivity index (χ1) is 3.98. The zero-order chi connectivity index (χ0) is 7.49. The Morgan fingerprint density at radius 1 is 1.44 bits per heavy atom. The molecule has 0 aliphatic carbocycles. The minimum atomic E-state index is -0.362. The molecule has 0 unspecified atom stereocenters. The molecule has 0 rings (SSSR count). The zero-order valence-electron chi connectivity index (χ0n) is 5.74.